The molecule has 1 aliphatic rings. The fourth-order valence-corrected chi connectivity index (χ4v) is 11.1. The average Bonchev–Trinajstić information content (AvgIpc) is 3.65. The molecule has 1 aliphatic heterocycles. The summed E-state index contributed by atoms with van der Waals surface area (Å²) in [5.74, 6) is -0.169. The van der Waals surface area contributed by atoms with Crippen LogP contribution < -0.4 is 5.32 Å². The number of aliphatic hydroxyl groups is 5. The highest BCUT2D eigenvalue weighted by Gasteiger charge is 2.44. The van der Waals surface area contributed by atoms with Gasteiger partial charge in [-0.05, 0) is 89.9 Å². The SMILES string of the molecule is CC/C=C\C/C=C\C/C=C\C/C=C\C/C=C\C/C=C\C/C=C\C/C=C\C/C=C\C/C=C\CCCCCCC(=O)NC(COC1OC(CO)C(O)C(O)C1O)C(O)CCCCCCCCCCCCCCCCCCCCCCCCCCCCCCCC. The van der Waals surface area contributed by atoms with Crippen LogP contribution in [0.2, 0.25) is 0 Å². The molecule has 0 aromatic carbocycles. The number of allylic oxidation sites excluding steroid dienone is 20. The van der Waals surface area contributed by atoms with Gasteiger partial charge in [-0.15, -0.1) is 0 Å². The van der Waals surface area contributed by atoms with Gasteiger partial charge in [0.1, 0.15) is 24.4 Å². The normalized spacial score (nSPS) is 18.6. The average molecular weight is 1230 g/mol. The van der Waals surface area contributed by atoms with E-state index in [-0.39, 0.29) is 12.5 Å². The zero-order valence-corrected chi connectivity index (χ0v) is 56.7. The highest BCUT2D eigenvalue weighted by molar-refractivity contribution is 5.76. The summed E-state index contributed by atoms with van der Waals surface area (Å²) in [5, 5.41) is 55.0. The van der Waals surface area contributed by atoms with Crippen LogP contribution in [0.15, 0.2) is 122 Å². The van der Waals surface area contributed by atoms with Crippen molar-refractivity contribution in [3.8, 4) is 0 Å². The lowest BCUT2D eigenvalue weighted by molar-refractivity contribution is -0.302. The summed E-state index contributed by atoms with van der Waals surface area (Å²) in [6.45, 7) is 3.74. The van der Waals surface area contributed by atoms with Crippen molar-refractivity contribution >= 4 is 5.91 Å². The van der Waals surface area contributed by atoms with E-state index in [2.05, 4.69) is 141 Å². The Morgan fingerprint density at radius 2 is 0.705 bits per heavy atom. The monoisotopic (exact) mass is 1230 g/mol. The summed E-state index contributed by atoms with van der Waals surface area (Å²) >= 11 is 0. The van der Waals surface area contributed by atoms with E-state index in [9.17, 15) is 30.3 Å². The van der Waals surface area contributed by atoms with E-state index in [1.165, 1.54) is 173 Å². The number of hydrogen-bond acceptors (Lipinski definition) is 8. The summed E-state index contributed by atoms with van der Waals surface area (Å²) in [6, 6.07) is -0.744. The maximum atomic E-state index is 13.2. The van der Waals surface area contributed by atoms with E-state index in [0.29, 0.717) is 12.8 Å². The number of aliphatic hydroxyl groups excluding tert-OH is 5. The minimum Gasteiger partial charge on any atom is -0.394 e. The highest BCUT2D eigenvalue weighted by atomic mass is 16.7. The molecule has 506 valence electrons. The molecule has 1 amide bonds. The Hall–Kier alpha value is -3.41. The van der Waals surface area contributed by atoms with Crippen molar-refractivity contribution in [2.24, 2.45) is 0 Å². The molecule has 7 unspecified atom stereocenters. The predicted molar refractivity (Wildman–Crippen MR) is 377 cm³/mol. The van der Waals surface area contributed by atoms with Gasteiger partial charge in [-0.2, -0.15) is 0 Å². The summed E-state index contributed by atoms with van der Waals surface area (Å²) < 4.78 is 11.4. The molecule has 0 bridgehead atoms. The lowest BCUT2D eigenvalue weighted by Crippen LogP contribution is -2.60. The number of ether oxygens (including phenoxy) is 2. The van der Waals surface area contributed by atoms with Crippen LogP contribution in [0.4, 0.5) is 0 Å². The van der Waals surface area contributed by atoms with Crippen LogP contribution in [-0.4, -0.2) is 87.5 Å². The molecule has 0 aromatic rings. The minimum absolute atomic E-state index is 0.155. The molecule has 0 spiro atoms. The van der Waals surface area contributed by atoms with E-state index in [1.807, 2.05) is 0 Å². The van der Waals surface area contributed by atoms with Crippen LogP contribution in [0.1, 0.15) is 316 Å². The fraction of sp³-hybridized carbons (Fsp3) is 0.734. The Labute approximate surface area is 541 Å². The number of carbonyl (C=O) groups is 1. The van der Waals surface area contributed by atoms with E-state index < -0.39 is 49.5 Å². The number of nitrogens with one attached hydrogen (secondary N) is 1. The van der Waals surface area contributed by atoms with Crippen molar-refractivity contribution in [1.82, 2.24) is 5.32 Å². The van der Waals surface area contributed by atoms with E-state index >= 15 is 0 Å². The first kappa shape index (κ1) is 82.6. The molecular formula is C79H137NO8. The van der Waals surface area contributed by atoms with Crippen molar-refractivity contribution in [3.63, 3.8) is 0 Å². The van der Waals surface area contributed by atoms with Gasteiger partial charge in [0.25, 0.3) is 0 Å². The number of amides is 1. The first-order valence-corrected chi connectivity index (χ1v) is 36.7. The lowest BCUT2D eigenvalue weighted by atomic mass is 9.99. The van der Waals surface area contributed by atoms with Gasteiger partial charge in [0.2, 0.25) is 5.91 Å². The van der Waals surface area contributed by atoms with E-state index in [4.69, 9.17) is 9.47 Å². The molecule has 6 N–H and O–H groups in total. The second kappa shape index (κ2) is 66.5. The molecule has 0 aliphatic carbocycles. The smallest absolute Gasteiger partial charge is 0.220 e. The zero-order valence-electron chi connectivity index (χ0n) is 56.7. The van der Waals surface area contributed by atoms with E-state index in [0.717, 1.165) is 116 Å². The van der Waals surface area contributed by atoms with Gasteiger partial charge in [0.05, 0.1) is 25.4 Å². The van der Waals surface area contributed by atoms with Gasteiger partial charge in [0.15, 0.2) is 6.29 Å². The van der Waals surface area contributed by atoms with E-state index in [1.54, 1.807) is 0 Å². The van der Waals surface area contributed by atoms with Crippen molar-refractivity contribution in [3.05, 3.63) is 122 Å². The summed E-state index contributed by atoms with van der Waals surface area (Å²) in [6.07, 6.45) is 92.7. The Balaban J connectivity index is 2.16. The highest BCUT2D eigenvalue weighted by Crippen LogP contribution is 2.24. The van der Waals surface area contributed by atoms with Gasteiger partial charge in [-0.3, -0.25) is 4.79 Å². The number of hydrogen-bond donors (Lipinski definition) is 6. The molecule has 1 fully saturated rings. The first-order chi connectivity index (χ1) is 43.3. The van der Waals surface area contributed by atoms with Gasteiger partial charge in [-0.1, -0.05) is 341 Å². The Bertz CT molecular complexity index is 1810. The van der Waals surface area contributed by atoms with Gasteiger partial charge < -0.3 is 40.3 Å². The van der Waals surface area contributed by atoms with Crippen molar-refractivity contribution in [2.45, 2.75) is 358 Å². The predicted octanol–water partition coefficient (Wildman–Crippen LogP) is 20.6. The summed E-state index contributed by atoms with van der Waals surface area (Å²) in [4.78, 5) is 13.2. The molecular weight excluding hydrogens is 1090 g/mol. The third kappa shape index (κ3) is 54.3. The molecule has 1 heterocycles. The molecule has 9 heteroatoms. The Morgan fingerprint density at radius 3 is 1.05 bits per heavy atom. The largest absolute Gasteiger partial charge is 0.394 e. The van der Waals surface area contributed by atoms with Gasteiger partial charge in [-0.25, -0.2) is 0 Å². The third-order valence-electron chi connectivity index (χ3n) is 16.8. The second-order valence-corrected chi connectivity index (χ2v) is 25.0. The third-order valence-corrected chi connectivity index (χ3v) is 16.8. The van der Waals surface area contributed by atoms with Gasteiger partial charge in [0, 0.05) is 6.42 Å². The molecule has 0 saturated carbocycles. The molecule has 7 atom stereocenters. The van der Waals surface area contributed by atoms with Crippen LogP contribution in [0.3, 0.4) is 0 Å². The number of rotatable bonds is 63. The first-order valence-electron chi connectivity index (χ1n) is 36.7. The van der Waals surface area contributed by atoms with Gasteiger partial charge >= 0.3 is 0 Å². The number of unbranched alkanes of at least 4 members (excludes halogenated alkanes) is 33. The quantitative estimate of drug-likeness (QED) is 0.0261. The van der Waals surface area contributed by atoms with Crippen molar-refractivity contribution < 1.29 is 39.8 Å². The molecule has 0 radical (unpaired) electrons. The maximum Gasteiger partial charge on any atom is 0.220 e. The standard InChI is InChI=1S/C79H137NO8/c1-3-5-7-9-11-13-15-17-19-21-23-25-27-29-31-33-35-36-37-38-39-41-43-45-47-49-51-53-55-57-59-61-63-65-67-69-75(83)80-72(71-87-79-78(86)77(85)76(84)74(70-81)88-79)73(82)68-66-64-62-60-58-56-54-52-50-48-46-44-42-40-34-32-30-28-26-24-22-20-18-16-14-12-10-8-6-4-2/h5,7,11,13,17,19,23,25,29,31,35-36,38-39,43,45,49,51,55,57,72-74,76-79,81-82,84-86H,3-4,6,8-10,12,14-16,18,20-22,24,26-28,30,32-34,37,40-42,44,46-48,50,52-54,56,58-71H2,1-2H3,(H,80,83)/b7-5-,13-11-,19-17-,25-23-,31-29-,36-35-,39-38-,45-43-,51-49-,57-55-. The molecule has 9 nitrogen and oxygen atoms in total. The summed E-state index contributed by atoms with van der Waals surface area (Å²) in [7, 11) is 0. The van der Waals surface area contributed by atoms with Crippen molar-refractivity contribution in [2.75, 3.05) is 13.2 Å². The molecule has 1 rings (SSSR count). The van der Waals surface area contributed by atoms with Crippen LogP contribution >= 0.6 is 0 Å². The Kier molecular flexibility index (Phi) is 62.4. The van der Waals surface area contributed by atoms with Crippen LogP contribution in [0, 0.1) is 0 Å². The molecule has 0 aromatic heterocycles. The minimum atomic E-state index is -1.57. The topological polar surface area (TPSA) is 149 Å². The van der Waals surface area contributed by atoms with Crippen LogP contribution in [0.25, 0.3) is 0 Å². The number of carbonyl (C=O) groups excluding carboxylic acids is 1. The summed E-state index contributed by atoms with van der Waals surface area (Å²) in [5.41, 5.74) is 0. The zero-order chi connectivity index (χ0) is 63.5. The molecule has 1 saturated heterocycles. The van der Waals surface area contributed by atoms with Crippen LogP contribution in [0.5, 0.6) is 0 Å². The second-order valence-electron chi connectivity index (χ2n) is 25.0. The van der Waals surface area contributed by atoms with Crippen molar-refractivity contribution in [1.29, 1.82) is 0 Å². The molecule has 88 heavy (non-hydrogen) atoms. The Morgan fingerprint density at radius 1 is 0.398 bits per heavy atom. The lowest BCUT2D eigenvalue weighted by Gasteiger charge is -2.40. The fourth-order valence-electron chi connectivity index (χ4n) is 11.1. The maximum absolute atomic E-state index is 13.2. The van der Waals surface area contributed by atoms with Crippen LogP contribution in [-0.2, 0) is 14.3 Å².